The first kappa shape index (κ1) is 15.4. The van der Waals surface area contributed by atoms with Gasteiger partial charge in [-0.3, -0.25) is 4.79 Å². The Morgan fingerprint density at radius 2 is 2.06 bits per heavy atom. The van der Waals surface area contributed by atoms with Crippen molar-refractivity contribution in [1.29, 1.82) is 0 Å². The number of rotatable bonds is 6. The second-order valence-electron chi connectivity index (χ2n) is 5.97. The number of carbonyl (C=O) groups excluding carboxylic acids is 1. The highest BCUT2D eigenvalue weighted by atomic mass is 16.5. The van der Waals surface area contributed by atoms with Crippen molar-refractivity contribution in [2.75, 3.05) is 13.7 Å². The third-order valence-corrected chi connectivity index (χ3v) is 4.05. The zero-order valence-corrected chi connectivity index (χ0v) is 12.4. The highest BCUT2D eigenvalue weighted by molar-refractivity contribution is 5.76. The molecule has 1 aliphatic carbocycles. The molecule has 0 aromatic rings. The largest absolute Gasteiger partial charge is 0.468 e. The van der Waals surface area contributed by atoms with Gasteiger partial charge in [-0.15, -0.1) is 0 Å². The summed E-state index contributed by atoms with van der Waals surface area (Å²) in [6, 6.07) is 0.0717. The molecule has 0 bridgehead atoms. The maximum atomic E-state index is 11.7. The molecule has 4 nitrogen and oxygen atoms in total. The van der Waals surface area contributed by atoms with Gasteiger partial charge < -0.3 is 14.8 Å². The fraction of sp³-hybridized carbons (Fsp3) is 0.929. The molecule has 3 unspecified atom stereocenters. The fourth-order valence-electron chi connectivity index (χ4n) is 2.53. The van der Waals surface area contributed by atoms with Gasteiger partial charge in [-0.25, -0.2) is 0 Å². The molecule has 1 fully saturated rings. The highest BCUT2D eigenvalue weighted by Crippen LogP contribution is 2.43. The van der Waals surface area contributed by atoms with Crippen LogP contribution in [0.3, 0.4) is 0 Å². The van der Waals surface area contributed by atoms with E-state index in [2.05, 4.69) is 19.2 Å². The lowest BCUT2D eigenvalue weighted by Crippen LogP contribution is -2.64. The molecule has 0 radical (unpaired) electrons. The van der Waals surface area contributed by atoms with Gasteiger partial charge in [0.1, 0.15) is 6.04 Å². The zero-order chi connectivity index (χ0) is 13.9. The minimum absolute atomic E-state index is 0.0666. The summed E-state index contributed by atoms with van der Waals surface area (Å²) in [4.78, 5) is 11.7. The highest BCUT2D eigenvalue weighted by Gasteiger charge is 2.50. The maximum Gasteiger partial charge on any atom is 0.323 e. The smallest absolute Gasteiger partial charge is 0.323 e. The molecule has 0 saturated heterocycles. The Morgan fingerprint density at radius 1 is 1.44 bits per heavy atom. The van der Waals surface area contributed by atoms with E-state index in [4.69, 9.17) is 9.47 Å². The predicted octanol–water partition coefficient (Wildman–Crippen LogP) is 1.98. The van der Waals surface area contributed by atoms with Crippen LogP contribution < -0.4 is 5.32 Å². The standard InChI is InChI=1S/C14H27NO3/c1-7-18-11-8-10(14(11,4)5)15-12(9(2)3)13(16)17-6/h9-12,15H,7-8H2,1-6H3. The summed E-state index contributed by atoms with van der Waals surface area (Å²) in [5.41, 5.74) is 0.0666. The van der Waals surface area contributed by atoms with Gasteiger partial charge in [-0.2, -0.15) is 0 Å². The van der Waals surface area contributed by atoms with Crippen LogP contribution in [0.2, 0.25) is 0 Å². The molecule has 0 aromatic heterocycles. The molecule has 0 amide bonds. The van der Waals surface area contributed by atoms with Crippen LogP contribution in [0.15, 0.2) is 0 Å². The van der Waals surface area contributed by atoms with Crippen LogP contribution in [0, 0.1) is 11.3 Å². The Labute approximate surface area is 110 Å². The fourth-order valence-corrected chi connectivity index (χ4v) is 2.53. The van der Waals surface area contributed by atoms with Crippen molar-refractivity contribution in [2.45, 2.75) is 59.2 Å². The molecule has 1 aliphatic rings. The van der Waals surface area contributed by atoms with Gasteiger partial charge in [0.2, 0.25) is 0 Å². The monoisotopic (exact) mass is 257 g/mol. The van der Waals surface area contributed by atoms with Crippen LogP contribution in [0.5, 0.6) is 0 Å². The number of methoxy groups -OCH3 is 1. The average Bonchev–Trinajstić information content (AvgIpc) is 2.31. The zero-order valence-electron chi connectivity index (χ0n) is 12.4. The lowest BCUT2D eigenvalue weighted by molar-refractivity contribution is -0.149. The lowest BCUT2D eigenvalue weighted by Gasteiger charge is -2.53. The van der Waals surface area contributed by atoms with Gasteiger partial charge in [0.15, 0.2) is 0 Å². The number of hydrogen-bond donors (Lipinski definition) is 1. The van der Waals surface area contributed by atoms with Gasteiger partial charge in [0, 0.05) is 18.1 Å². The summed E-state index contributed by atoms with van der Waals surface area (Å²) in [7, 11) is 1.44. The van der Waals surface area contributed by atoms with Gasteiger partial charge in [-0.1, -0.05) is 27.7 Å². The Hall–Kier alpha value is -0.610. The summed E-state index contributed by atoms with van der Waals surface area (Å²) in [5.74, 6) is 0.0417. The number of nitrogens with one attached hydrogen (secondary N) is 1. The van der Waals surface area contributed by atoms with E-state index in [0.29, 0.717) is 6.04 Å². The van der Waals surface area contributed by atoms with Crippen molar-refractivity contribution in [1.82, 2.24) is 5.32 Å². The quantitative estimate of drug-likeness (QED) is 0.739. The first-order valence-electron chi connectivity index (χ1n) is 6.80. The van der Waals surface area contributed by atoms with E-state index < -0.39 is 0 Å². The van der Waals surface area contributed by atoms with E-state index >= 15 is 0 Å². The van der Waals surface area contributed by atoms with Crippen LogP contribution in [-0.2, 0) is 14.3 Å². The van der Waals surface area contributed by atoms with E-state index in [1.54, 1.807) is 0 Å². The Bertz CT molecular complexity index is 289. The molecule has 18 heavy (non-hydrogen) atoms. The first-order chi connectivity index (χ1) is 8.34. The van der Waals surface area contributed by atoms with E-state index in [1.807, 2.05) is 20.8 Å². The second kappa shape index (κ2) is 6.02. The topological polar surface area (TPSA) is 47.6 Å². The molecular weight excluding hydrogens is 230 g/mol. The predicted molar refractivity (Wildman–Crippen MR) is 71.4 cm³/mol. The minimum Gasteiger partial charge on any atom is -0.468 e. The van der Waals surface area contributed by atoms with Crippen LogP contribution in [0.1, 0.15) is 41.0 Å². The summed E-state index contributed by atoms with van der Waals surface area (Å²) in [5, 5.41) is 3.43. The van der Waals surface area contributed by atoms with Crippen molar-refractivity contribution < 1.29 is 14.3 Å². The number of carbonyl (C=O) groups is 1. The van der Waals surface area contributed by atoms with Gasteiger partial charge in [-0.05, 0) is 19.3 Å². The van der Waals surface area contributed by atoms with Crippen molar-refractivity contribution in [3.8, 4) is 0 Å². The maximum absolute atomic E-state index is 11.7. The Balaban J connectivity index is 2.60. The molecule has 1 rings (SSSR count). The normalized spacial score (nSPS) is 27.7. The van der Waals surface area contributed by atoms with E-state index in [1.165, 1.54) is 7.11 Å². The molecule has 3 atom stereocenters. The Morgan fingerprint density at radius 3 is 2.44 bits per heavy atom. The summed E-state index contributed by atoms with van der Waals surface area (Å²) >= 11 is 0. The molecule has 1 saturated carbocycles. The summed E-state index contributed by atoms with van der Waals surface area (Å²) in [6.45, 7) is 11.2. The summed E-state index contributed by atoms with van der Waals surface area (Å²) in [6.07, 6.45) is 1.24. The van der Waals surface area contributed by atoms with Crippen molar-refractivity contribution in [3.63, 3.8) is 0 Å². The molecule has 0 heterocycles. The molecule has 0 aliphatic heterocycles. The second-order valence-corrected chi connectivity index (χ2v) is 5.97. The molecule has 1 N–H and O–H groups in total. The third-order valence-electron chi connectivity index (χ3n) is 4.05. The van der Waals surface area contributed by atoms with E-state index in [9.17, 15) is 4.79 Å². The lowest BCUT2D eigenvalue weighted by atomic mass is 9.64. The third kappa shape index (κ3) is 3.04. The van der Waals surface area contributed by atoms with Crippen molar-refractivity contribution in [3.05, 3.63) is 0 Å². The molecule has 106 valence electrons. The molecule has 0 aromatic carbocycles. The molecular formula is C14H27NO3. The van der Waals surface area contributed by atoms with Gasteiger partial charge in [0.25, 0.3) is 0 Å². The van der Waals surface area contributed by atoms with Gasteiger partial charge in [0.05, 0.1) is 13.2 Å². The van der Waals surface area contributed by atoms with Crippen molar-refractivity contribution >= 4 is 5.97 Å². The number of ether oxygens (including phenoxy) is 2. The SMILES string of the molecule is CCOC1CC(NC(C(=O)OC)C(C)C)C1(C)C. The van der Waals surface area contributed by atoms with E-state index in [-0.39, 0.29) is 29.4 Å². The molecule has 0 spiro atoms. The van der Waals surface area contributed by atoms with Crippen molar-refractivity contribution in [2.24, 2.45) is 11.3 Å². The van der Waals surface area contributed by atoms with Gasteiger partial charge >= 0.3 is 5.97 Å². The first-order valence-corrected chi connectivity index (χ1v) is 6.80. The van der Waals surface area contributed by atoms with E-state index in [0.717, 1.165) is 13.0 Å². The minimum atomic E-state index is -0.234. The Kier molecular flexibility index (Phi) is 5.17. The molecule has 4 heteroatoms. The van der Waals surface area contributed by atoms with Crippen LogP contribution in [-0.4, -0.2) is 37.9 Å². The average molecular weight is 257 g/mol. The van der Waals surface area contributed by atoms with Crippen LogP contribution >= 0.6 is 0 Å². The van der Waals surface area contributed by atoms with Crippen LogP contribution in [0.25, 0.3) is 0 Å². The number of esters is 1. The summed E-state index contributed by atoms with van der Waals surface area (Å²) < 4.78 is 10.5. The van der Waals surface area contributed by atoms with Crippen LogP contribution in [0.4, 0.5) is 0 Å². The number of hydrogen-bond acceptors (Lipinski definition) is 4.